The number of thiophene rings is 1. The highest BCUT2D eigenvalue weighted by molar-refractivity contribution is 7.18. The maximum atomic E-state index is 6.05. The van der Waals surface area contributed by atoms with Gasteiger partial charge in [0.15, 0.2) is 0 Å². The largest absolute Gasteiger partial charge is 0.367 e. The summed E-state index contributed by atoms with van der Waals surface area (Å²) in [7, 11) is 0. The Kier molecular flexibility index (Phi) is 4.13. The van der Waals surface area contributed by atoms with E-state index in [0.717, 1.165) is 22.0 Å². The molecule has 1 saturated carbocycles. The molecule has 2 aromatic rings. The van der Waals surface area contributed by atoms with Crippen molar-refractivity contribution >= 4 is 39.0 Å². The molecule has 1 aliphatic rings. The highest BCUT2D eigenvalue weighted by Gasteiger charge is 2.22. The number of hydrogen-bond acceptors (Lipinski definition) is 4. The van der Waals surface area contributed by atoms with Gasteiger partial charge >= 0.3 is 0 Å². The number of halogens is 1. The predicted octanol–water partition coefficient (Wildman–Crippen LogP) is 5.03. The summed E-state index contributed by atoms with van der Waals surface area (Å²) in [5.74, 6) is 1.75. The molecule has 2 heterocycles. The minimum atomic E-state index is 0.338. The van der Waals surface area contributed by atoms with E-state index >= 15 is 0 Å². The molecule has 0 amide bonds. The zero-order chi connectivity index (χ0) is 14.1. The zero-order valence-corrected chi connectivity index (χ0v) is 13.5. The molecule has 1 fully saturated rings. The molecule has 3 nitrogen and oxygen atoms in total. The second-order valence-corrected chi connectivity index (χ2v) is 7.27. The smallest absolute Gasteiger partial charge is 0.225 e. The first-order valence-electron chi connectivity index (χ1n) is 7.36. The molecule has 108 valence electrons. The van der Waals surface area contributed by atoms with Crippen LogP contribution < -0.4 is 5.32 Å². The number of rotatable bonds is 3. The number of aryl methyl sites for hydroxylation is 1. The van der Waals surface area contributed by atoms with Gasteiger partial charge in [0.05, 0.1) is 5.39 Å². The van der Waals surface area contributed by atoms with Crippen LogP contribution in [0.5, 0.6) is 0 Å². The lowest BCUT2D eigenvalue weighted by Gasteiger charge is -2.29. The van der Waals surface area contributed by atoms with E-state index in [1.54, 1.807) is 11.3 Å². The Morgan fingerprint density at radius 3 is 3.05 bits per heavy atom. The third kappa shape index (κ3) is 2.91. The van der Waals surface area contributed by atoms with Crippen LogP contribution in [0.4, 0.5) is 5.82 Å². The maximum absolute atomic E-state index is 6.05. The lowest BCUT2D eigenvalue weighted by atomic mass is 9.84. The maximum Gasteiger partial charge on any atom is 0.225 e. The first kappa shape index (κ1) is 14.1. The van der Waals surface area contributed by atoms with E-state index in [1.807, 2.05) is 0 Å². The molecule has 2 unspecified atom stereocenters. The Balaban J connectivity index is 1.86. The molecular weight excluding hydrogens is 290 g/mol. The molecule has 2 atom stereocenters. The fourth-order valence-corrected chi connectivity index (χ4v) is 4.21. The normalized spacial score (nSPS) is 23.1. The molecule has 2 aromatic heterocycles. The molecule has 0 aliphatic heterocycles. The van der Waals surface area contributed by atoms with Gasteiger partial charge in [0, 0.05) is 10.9 Å². The number of aromatic nitrogens is 2. The summed E-state index contributed by atoms with van der Waals surface area (Å²) in [6.45, 7) is 4.38. The van der Waals surface area contributed by atoms with Gasteiger partial charge in [-0.2, -0.15) is 0 Å². The monoisotopic (exact) mass is 309 g/mol. The molecule has 0 spiro atoms. The standard InChI is InChI=1S/C15H20ClN3S/c1-3-10-5-4-6-11(8-10)17-13-12-7-9(2)20-14(12)19-15(16)18-13/h7,10-11H,3-6,8H2,1-2H3,(H,17,18,19). The van der Waals surface area contributed by atoms with Gasteiger partial charge in [0.1, 0.15) is 10.6 Å². The minimum absolute atomic E-state index is 0.338. The van der Waals surface area contributed by atoms with E-state index in [1.165, 1.54) is 37.0 Å². The van der Waals surface area contributed by atoms with Crippen molar-refractivity contribution in [2.75, 3.05) is 5.32 Å². The Morgan fingerprint density at radius 1 is 1.40 bits per heavy atom. The minimum Gasteiger partial charge on any atom is -0.367 e. The SMILES string of the molecule is CCC1CCCC(Nc2nc(Cl)nc3sc(C)cc23)C1. The van der Waals surface area contributed by atoms with Crippen LogP contribution in [0.25, 0.3) is 10.2 Å². The second-order valence-electron chi connectivity index (χ2n) is 5.70. The van der Waals surface area contributed by atoms with E-state index in [9.17, 15) is 0 Å². The van der Waals surface area contributed by atoms with Gasteiger partial charge < -0.3 is 5.32 Å². The number of nitrogens with one attached hydrogen (secondary N) is 1. The Bertz CT molecular complexity index is 610. The highest BCUT2D eigenvalue weighted by Crippen LogP contribution is 2.33. The van der Waals surface area contributed by atoms with Crippen LogP contribution in [0.1, 0.15) is 43.9 Å². The Labute approximate surface area is 128 Å². The van der Waals surface area contributed by atoms with Crippen LogP contribution >= 0.6 is 22.9 Å². The van der Waals surface area contributed by atoms with Crippen molar-refractivity contribution in [3.05, 3.63) is 16.2 Å². The highest BCUT2D eigenvalue weighted by atomic mass is 35.5. The lowest BCUT2D eigenvalue weighted by molar-refractivity contribution is 0.327. The van der Waals surface area contributed by atoms with Crippen LogP contribution in [0.3, 0.4) is 0 Å². The van der Waals surface area contributed by atoms with Gasteiger partial charge in [-0.1, -0.05) is 26.2 Å². The summed E-state index contributed by atoms with van der Waals surface area (Å²) in [5, 5.41) is 5.06. The molecule has 5 heteroatoms. The number of anilines is 1. The van der Waals surface area contributed by atoms with Gasteiger partial charge in [-0.05, 0) is 43.4 Å². The lowest BCUT2D eigenvalue weighted by Crippen LogP contribution is -2.27. The summed E-state index contributed by atoms with van der Waals surface area (Å²) in [6.07, 6.45) is 6.41. The molecule has 1 aliphatic carbocycles. The molecule has 0 bridgehead atoms. The van der Waals surface area contributed by atoms with Gasteiger partial charge in [-0.15, -0.1) is 11.3 Å². The third-order valence-electron chi connectivity index (χ3n) is 4.19. The summed E-state index contributed by atoms with van der Waals surface area (Å²) in [4.78, 5) is 10.9. The van der Waals surface area contributed by atoms with E-state index in [4.69, 9.17) is 11.6 Å². The predicted molar refractivity (Wildman–Crippen MR) is 86.8 cm³/mol. The molecule has 0 radical (unpaired) electrons. The van der Waals surface area contributed by atoms with Crippen molar-refractivity contribution in [1.29, 1.82) is 0 Å². The Morgan fingerprint density at radius 2 is 2.25 bits per heavy atom. The molecule has 20 heavy (non-hydrogen) atoms. The summed E-state index contributed by atoms with van der Waals surface area (Å²) in [6, 6.07) is 2.67. The van der Waals surface area contributed by atoms with Gasteiger partial charge in [0.2, 0.25) is 5.28 Å². The topological polar surface area (TPSA) is 37.8 Å². The molecule has 0 aromatic carbocycles. The molecule has 3 rings (SSSR count). The first-order valence-corrected chi connectivity index (χ1v) is 8.55. The zero-order valence-electron chi connectivity index (χ0n) is 11.9. The van der Waals surface area contributed by atoms with Crippen LogP contribution in [0, 0.1) is 12.8 Å². The summed E-state index contributed by atoms with van der Waals surface area (Å²) >= 11 is 7.72. The summed E-state index contributed by atoms with van der Waals surface area (Å²) < 4.78 is 0. The number of fused-ring (bicyclic) bond motifs is 1. The fourth-order valence-electron chi connectivity index (χ4n) is 3.11. The molecule has 1 N–H and O–H groups in total. The number of hydrogen-bond donors (Lipinski definition) is 1. The number of nitrogens with zero attached hydrogens (tertiary/aromatic N) is 2. The van der Waals surface area contributed by atoms with Crippen LogP contribution in [-0.2, 0) is 0 Å². The van der Waals surface area contributed by atoms with Crippen molar-refractivity contribution in [3.63, 3.8) is 0 Å². The van der Waals surface area contributed by atoms with Gasteiger partial charge in [0.25, 0.3) is 0 Å². The molecule has 0 saturated heterocycles. The average Bonchev–Trinajstić information content (AvgIpc) is 2.79. The molecular formula is C15H20ClN3S. The Hall–Kier alpha value is -0.870. The fraction of sp³-hybridized carbons (Fsp3) is 0.600. The van der Waals surface area contributed by atoms with Crippen molar-refractivity contribution < 1.29 is 0 Å². The quantitative estimate of drug-likeness (QED) is 0.808. The van der Waals surface area contributed by atoms with Crippen LogP contribution in [0.15, 0.2) is 6.07 Å². The second kappa shape index (κ2) is 5.86. The first-order chi connectivity index (χ1) is 9.65. The third-order valence-corrected chi connectivity index (χ3v) is 5.30. The van der Waals surface area contributed by atoms with E-state index in [0.29, 0.717) is 11.3 Å². The van der Waals surface area contributed by atoms with E-state index < -0.39 is 0 Å². The average molecular weight is 310 g/mol. The van der Waals surface area contributed by atoms with Crippen LogP contribution in [-0.4, -0.2) is 16.0 Å². The van der Waals surface area contributed by atoms with Crippen LogP contribution in [0.2, 0.25) is 5.28 Å². The van der Waals surface area contributed by atoms with Crippen molar-refractivity contribution in [2.45, 2.75) is 52.0 Å². The van der Waals surface area contributed by atoms with E-state index in [2.05, 4.69) is 35.2 Å². The van der Waals surface area contributed by atoms with Crippen molar-refractivity contribution in [3.8, 4) is 0 Å². The van der Waals surface area contributed by atoms with Gasteiger partial charge in [-0.3, -0.25) is 0 Å². The van der Waals surface area contributed by atoms with Crippen molar-refractivity contribution in [2.24, 2.45) is 5.92 Å². The van der Waals surface area contributed by atoms with Gasteiger partial charge in [-0.25, -0.2) is 9.97 Å². The van der Waals surface area contributed by atoms with Crippen molar-refractivity contribution in [1.82, 2.24) is 9.97 Å². The summed E-state index contributed by atoms with van der Waals surface area (Å²) in [5.41, 5.74) is 0. The van der Waals surface area contributed by atoms with E-state index in [-0.39, 0.29) is 0 Å².